The first-order chi connectivity index (χ1) is 10.1. The molecule has 0 fully saturated rings. The van der Waals surface area contributed by atoms with E-state index < -0.39 is 29.7 Å². The number of carbonyl (C=O) groups is 2. The molecule has 0 saturated carbocycles. The van der Waals surface area contributed by atoms with Gasteiger partial charge in [-0.15, -0.1) is 0 Å². The molecule has 0 radical (unpaired) electrons. The highest BCUT2D eigenvalue weighted by molar-refractivity contribution is 5.80. The van der Waals surface area contributed by atoms with Crippen molar-refractivity contribution in [1.29, 1.82) is 0 Å². The molecule has 0 aliphatic heterocycles. The third-order valence-electron chi connectivity index (χ3n) is 3.17. The van der Waals surface area contributed by atoms with Crippen LogP contribution in [0.15, 0.2) is 30.3 Å². The van der Waals surface area contributed by atoms with Crippen LogP contribution in [0.1, 0.15) is 19.4 Å². The Bertz CT molecular complexity index is 529. The smallest absolute Gasteiger partial charge is 0.408 e. The normalized spacial score (nSPS) is 13.3. The van der Waals surface area contributed by atoms with Gasteiger partial charge < -0.3 is 15.2 Å². The number of benzene rings is 1. The van der Waals surface area contributed by atoms with Crippen LogP contribution in [0.4, 0.5) is 18.0 Å². The molecule has 0 spiro atoms. The van der Waals surface area contributed by atoms with Crippen molar-refractivity contribution in [1.82, 2.24) is 5.32 Å². The van der Waals surface area contributed by atoms with Gasteiger partial charge in [0.25, 0.3) is 0 Å². The lowest BCUT2D eigenvalue weighted by atomic mass is 9.83. The molecule has 8 heteroatoms. The largest absolute Gasteiger partial charge is 0.480 e. The maximum atomic E-state index is 12.9. The molecular formula is C14H16F3NO4. The zero-order chi connectivity index (χ0) is 17.0. The van der Waals surface area contributed by atoms with Crippen LogP contribution in [-0.4, -0.2) is 29.4 Å². The van der Waals surface area contributed by atoms with E-state index in [0.717, 1.165) is 0 Å². The number of halogens is 3. The minimum atomic E-state index is -4.80. The number of carboxylic acid groups (broad SMARTS) is 1. The fourth-order valence-electron chi connectivity index (χ4n) is 1.60. The molecule has 1 aromatic rings. The van der Waals surface area contributed by atoms with Gasteiger partial charge in [-0.05, 0) is 19.4 Å². The van der Waals surface area contributed by atoms with Gasteiger partial charge in [0.2, 0.25) is 0 Å². The van der Waals surface area contributed by atoms with E-state index in [1.807, 2.05) is 0 Å². The van der Waals surface area contributed by atoms with Crippen LogP contribution in [0.2, 0.25) is 0 Å². The van der Waals surface area contributed by atoms with Gasteiger partial charge in [-0.2, -0.15) is 13.2 Å². The first-order valence-electron chi connectivity index (χ1n) is 6.32. The molecule has 1 amide bonds. The van der Waals surface area contributed by atoms with Crippen molar-refractivity contribution in [3.8, 4) is 0 Å². The highest BCUT2D eigenvalue weighted by Gasteiger charge is 2.55. The number of amides is 1. The van der Waals surface area contributed by atoms with Crippen LogP contribution >= 0.6 is 0 Å². The fourth-order valence-corrected chi connectivity index (χ4v) is 1.60. The average Bonchev–Trinajstić information content (AvgIpc) is 2.42. The molecule has 2 N–H and O–H groups in total. The van der Waals surface area contributed by atoms with E-state index in [4.69, 9.17) is 9.84 Å². The van der Waals surface area contributed by atoms with Crippen molar-refractivity contribution < 1.29 is 32.6 Å². The topological polar surface area (TPSA) is 75.6 Å². The van der Waals surface area contributed by atoms with Crippen molar-refractivity contribution in [3.05, 3.63) is 35.9 Å². The molecule has 0 saturated heterocycles. The van der Waals surface area contributed by atoms with Crippen LogP contribution in [0.25, 0.3) is 0 Å². The number of hydrogen-bond acceptors (Lipinski definition) is 3. The molecule has 0 bridgehead atoms. The SMILES string of the molecule is CC(C)(C(NC(=O)OCc1ccccc1)C(=O)O)C(F)(F)F. The summed E-state index contributed by atoms with van der Waals surface area (Å²) < 4.78 is 43.4. The van der Waals surface area contributed by atoms with E-state index in [9.17, 15) is 22.8 Å². The summed E-state index contributed by atoms with van der Waals surface area (Å²) in [5.41, 5.74) is -2.02. The van der Waals surface area contributed by atoms with Gasteiger partial charge in [0, 0.05) is 0 Å². The summed E-state index contributed by atoms with van der Waals surface area (Å²) in [5.74, 6) is -1.79. The van der Waals surface area contributed by atoms with Gasteiger partial charge in [0.1, 0.15) is 12.6 Å². The molecule has 22 heavy (non-hydrogen) atoms. The van der Waals surface area contributed by atoms with Gasteiger partial charge in [-0.3, -0.25) is 0 Å². The highest BCUT2D eigenvalue weighted by Crippen LogP contribution is 2.40. The zero-order valence-corrected chi connectivity index (χ0v) is 12.0. The molecule has 1 unspecified atom stereocenters. The van der Waals surface area contributed by atoms with Crippen molar-refractivity contribution in [2.75, 3.05) is 0 Å². The lowest BCUT2D eigenvalue weighted by Gasteiger charge is -2.33. The van der Waals surface area contributed by atoms with Crippen molar-refractivity contribution in [2.24, 2.45) is 5.41 Å². The minimum Gasteiger partial charge on any atom is -0.480 e. The third kappa shape index (κ3) is 4.37. The quantitative estimate of drug-likeness (QED) is 0.875. The number of nitrogens with one attached hydrogen (secondary N) is 1. The van der Waals surface area contributed by atoms with E-state index in [2.05, 4.69) is 0 Å². The Balaban J connectivity index is 2.72. The number of aliphatic carboxylic acids is 1. The molecule has 5 nitrogen and oxygen atoms in total. The Hall–Kier alpha value is -2.25. The maximum absolute atomic E-state index is 12.9. The zero-order valence-electron chi connectivity index (χ0n) is 12.0. The van der Waals surface area contributed by atoms with E-state index in [-0.39, 0.29) is 6.61 Å². The number of alkyl carbamates (subject to hydrolysis) is 1. The standard InChI is InChI=1S/C14H16F3NO4/c1-13(2,14(15,16)17)10(11(19)20)18-12(21)22-8-9-6-4-3-5-7-9/h3-7,10H,8H2,1-2H3,(H,18,21)(H,19,20). The second kappa shape index (κ2) is 6.67. The van der Waals surface area contributed by atoms with Crippen LogP contribution in [0.5, 0.6) is 0 Å². The molecular weight excluding hydrogens is 303 g/mol. The molecule has 0 aliphatic carbocycles. The van der Waals surface area contributed by atoms with Gasteiger partial charge in [0.15, 0.2) is 0 Å². The Morgan fingerprint density at radius 2 is 1.77 bits per heavy atom. The van der Waals surface area contributed by atoms with Gasteiger partial charge in [0.05, 0.1) is 5.41 Å². The summed E-state index contributed by atoms with van der Waals surface area (Å²) in [6, 6.07) is 6.29. The third-order valence-corrected chi connectivity index (χ3v) is 3.17. The number of carboxylic acids is 1. The first kappa shape index (κ1) is 17.8. The summed E-state index contributed by atoms with van der Waals surface area (Å²) in [4.78, 5) is 22.6. The average molecular weight is 319 g/mol. The van der Waals surface area contributed by atoms with Crippen LogP contribution in [0.3, 0.4) is 0 Å². The molecule has 1 atom stereocenters. The van der Waals surface area contributed by atoms with E-state index in [1.54, 1.807) is 35.6 Å². The van der Waals surface area contributed by atoms with Crippen LogP contribution in [0, 0.1) is 5.41 Å². The Kier molecular flexibility index (Phi) is 5.40. The highest BCUT2D eigenvalue weighted by atomic mass is 19.4. The maximum Gasteiger partial charge on any atom is 0.408 e. The number of carbonyl (C=O) groups excluding carboxylic acids is 1. The van der Waals surface area contributed by atoms with Gasteiger partial charge in [-0.25, -0.2) is 9.59 Å². The minimum absolute atomic E-state index is 0.175. The lowest BCUT2D eigenvalue weighted by Crippen LogP contribution is -2.56. The van der Waals surface area contributed by atoms with Crippen LogP contribution in [-0.2, 0) is 16.1 Å². The second-order valence-corrected chi connectivity index (χ2v) is 5.20. The summed E-state index contributed by atoms with van der Waals surface area (Å²) in [6.45, 7) is 1.22. The summed E-state index contributed by atoms with van der Waals surface area (Å²) in [5, 5.41) is 10.7. The molecule has 122 valence electrons. The Morgan fingerprint density at radius 3 is 2.23 bits per heavy atom. The van der Waals surface area contributed by atoms with E-state index in [0.29, 0.717) is 19.4 Å². The van der Waals surface area contributed by atoms with E-state index >= 15 is 0 Å². The number of rotatable bonds is 5. The predicted octanol–water partition coefficient (Wildman–Crippen LogP) is 2.95. The molecule has 0 aromatic heterocycles. The van der Waals surface area contributed by atoms with Gasteiger partial charge >= 0.3 is 18.2 Å². The first-order valence-corrected chi connectivity index (χ1v) is 6.32. The summed E-state index contributed by atoms with van der Waals surface area (Å²) >= 11 is 0. The van der Waals surface area contributed by atoms with Gasteiger partial charge in [-0.1, -0.05) is 30.3 Å². The number of hydrogen-bond donors (Lipinski definition) is 2. The lowest BCUT2D eigenvalue weighted by molar-refractivity contribution is -0.223. The Labute approximate surface area is 125 Å². The van der Waals surface area contributed by atoms with E-state index in [1.165, 1.54) is 0 Å². The van der Waals surface area contributed by atoms with Crippen molar-refractivity contribution >= 4 is 12.1 Å². The monoisotopic (exact) mass is 319 g/mol. The molecule has 0 heterocycles. The van der Waals surface area contributed by atoms with Crippen LogP contribution < -0.4 is 5.32 Å². The fraction of sp³-hybridized carbons (Fsp3) is 0.429. The molecule has 1 aromatic carbocycles. The number of alkyl halides is 3. The van der Waals surface area contributed by atoms with Crippen molar-refractivity contribution in [2.45, 2.75) is 32.7 Å². The Morgan fingerprint density at radius 1 is 1.23 bits per heavy atom. The number of ether oxygens (including phenoxy) is 1. The second-order valence-electron chi connectivity index (χ2n) is 5.20. The molecule has 1 rings (SSSR count). The predicted molar refractivity (Wildman–Crippen MR) is 71.0 cm³/mol. The molecule has 0 aliphatic rings. The van der Waals surface area contributed by atoms with Crippen molar-refractivity contribution in [3.63, 3.8) is 0 Å². The summed E-state index contributed by atoms with van der Waals surface area (Å²) in [6.07, 6.45) is -6.03. The summed E-state index contributed by atoms with van der Waals surface area (Å²) in [7, 11) is 0.